The van der Waals surface area contributed by atoms with E-state index in [9.17, 15) is 18.0 Å². The van der Waals surface area contributed by atoms with Gasteiger partial charge in [0.25, 0.3) is 5.91 Å². The highest BCUT2D eigenvalue weighted by Crippen LogP contribution is 2.37. The number of nitrogens with zero attached hydrogens (tertiary/aromatic N) is 2. The number of carbonyl (C=O) groups is 1. The predicted molar refractivity (Wildman–Crippen MR) is 93.4 cm³/mol. The van der Waals surface area contributed by atoms with E-state index in [1.807, 2.05) is 6.92 Å². The average Bonchev–Trinajstić information content (AvgIpc) is 3.03. The molecule has 1 N–H and O–H groups in total. The number of alkyl halides is 3. The quantitative estimate of drug-likeness (QED) is 0.723. The van der Waals surface area contributed by atoms with Crippen LogP contribution in [0.3, 0.4) is 0 Å². The first-order chi connectivity index (χ1) is 11.5. The zero-order valence-electron chi connectivity index (χ0n) is 14.2. The largest absolute Gasteiger partial charge is 0.436 e. The molecular weight excluding hydrogens is 375 g/mol. The third-order valence-corrected chi connectivity index (χ3v) is 5.27. The topological polar surface area (TPSA) is 46.9 Å². The minimum Gasteiger partial charge on any atom is -0.321 e. The number of anilines is 1. The summed E-state index contributed by atoms with van der Waals surface area (Å²) in [6.45, 7) is 6.21. The molecule has 0 bridgehead atoms. The standard InChI is InChI=1S/C16H19ClF3N3OS/c1-8(2)7-9(3)12-10(5-6-25-12)21-15(24)11-13(16(18,19)20)22-23(4)14(11)17/h5-6,8-9H,7H2,1-4H3,(H,21,24). The van der Waals surface area contributed by atoms with Crippen LogP contribution in [0, 0.1) is 5.92 Å². The first kappa shape index (κ1) is 19.8. The molecule has 0 aliphatic carbocycles. The summed E-state index contributed by atoms with van der Waals surface area (Å²) in [7, 11) is 1.26. The summed E-state index contributed by atoms with van der Waals surface area (Å²) < 4.78 is 40.2. The predicted octanol–water partition coefficient (Wildman–Crippen LogP) is 5.56. The lowest BCUT2D eigenvalue weighted by atomic mass is 9.97. The molecule has 2 aromatic heterocycles. The lowest BCUT2D eigenvalue weighted by Crippen LogP contribution is -2.18. The van der Waals surface area contributed by atoms with E-state index in [1.165, 1.54) is 18.4 Å². The first-order valence-corrected chi connectivity index (χ1v) is 8.96. The molecule has 0 radical (unpaired) electrons. The van der Waals surface area contributed by atoms with Crippen LogP contribution < -0.4 is 5.32 Å². The molecule has 0 spiro atoms. The zero-order valence-corrected chi connectivity index (χ0v) is 15.8. The zero-order chi connectivity index (χ0) is 18.9. The van der Waals surface area contributed by atoms with Crippen molar-refractivity contribution in [2.45, 2.75) is 39.3 Å². The molecule has 0 aliphatic heterocycles. The average molecular weight is 394 g/mol. The van der Waals surface area contributed by atoms with Crippen molar-refractivity contribution in [3.8, 4) is 0 Å². The van der Waals surface area contributed by atoms with Crippen molar-refractivity contribution in [1.82, 2.24) is 9.78 Å². The number of rotatable bonds is 5. The maximum atomic E-state index is 13.1. The van der Waals surface area contributed by atoms with Crippen LogP contribution in [0.2, 0.25) is 5.15 Å². The molecular formula is C16H19ClF3N3OS. The third kappa shape index (κ3) is 4.36. The van der Waals surface area contributed by atoms with Crippen molar-refractivity contribution in [3.05, 3.63) is 32.7 Å². The van der Waals surface area contributed by atoms with Crippen LogP contribution in [0.1, 0.15) is 54.0 Å². The number of halogens is 4. The van der Waals surface area contributed by atoms with E-state index in [2.05, 4.69) is 24.3 Å². The van der Waals surface area contributed by atoms with Gasteiger partial charge in [-0.3, -0.25) is 9.48 Å². The Bertz CT molecular complexity index is 767. The fourth-order valence-corrected chi connectivity index (χ4v) is 3.85. The molecule has 0 saturated carbocycles. The summed E-state index contributed by atoms with van der Waals surface area (Å²) in [5, 5.41) is 7.34. The monoisotopic (exact) mass is 393 g/mol. The Morgan fingerprint density at radius 3 is 2.60 bits per heavy atom. The summed E-state index contributed by atoms with van der Waals surface area (Å²) in [5.41, 5.74) is -1.44. The van der Waals surface area contributed by atoms with Crippen molar-refractivity contribution in [2.75, 3.05) is 5.32 Å². The Morgan fingerprint density at radius 2 is 2.04 bits per heavy atom. The maximum Gasteiger partial charge on any atom is 0.436 e. The maximum absolute atomic E-state index is 13.1. The summed E-state index contributed by atoms with van der Waals surface area (Å²) in [6.07, 6.45) is -3.86. The van der Waals surface area contributed by atoms with Crippen molar-refractivity contribution < 1.29 is 18.0 Å². The SMILES string of the molecule is CC(C)CC(C)c1sccc1NC(=O)c1c(C(F)(F)F)nn(C)c1Cl. The van der Waals surface area contributed by atoms with Gasteiger partial charge in [0, 0.05) is 11.9 Å². The number of aromatic nitrogens is 2. The molecule has 0 saturated heterocycles. The third-order valence-electron chi connectivity index (χ3n) is 3.69. The molecule has 25 heavy (non-hydrogen) atoms. The van der Waals surface area contributed by atoms with Crippen molar-refractivity contribution in [2.24, 2.45) is 13.0 Å². The van der Waals surface area contributed by atoms with Gasteiger partial charge in [-0.15, -0.1) is 11.3 Å². The number of aryl methyl sites for hydroxylation is 1. The Labute approximate surface area is 153 Å². The van der Waals surface area contributed by atoms with E-state index < -0.39 is 23.3 Å². The molecule has 1 amide bonds. The summed E-state index contributed by atoms with van der Waals surface area (Å²) in [5.74, 6) is -0.270. The van der Waals surface area contributed by atoms with Gasteiger partial charge in [-0.05, 0) is 29.7 Å². The second-order valence-corrected chi connectivity index (χ2v) is 7.62. The fraction of sp³-hybridized carbons (Fsp3) is 0.500. The summed E-state index contributed by atoms with van der Waals surface area (Å²) >= 11 is 7.33. The van der Waals surface area contributed by atoms with Crippen LogP contribution in [0.25, 0.3) is 0 Å². The van der Waals surface area contributed by atoms with Crippen LogP contribution in [-0.2, 0) is 13.2 Å². The summed E-state index contributed by atoms with van der Waals surface area (Å²) in [6, 6.07) is 1.69. The van der Waals surface area contributed by atoms with E-state index >= 15 is 0 Å². The molecule has 0 aromatic carbocycles. The minimum absolute atomic E-state index is 0.182. The molecule has 138 valence electrons. The molecule has 9 heteroatoms. The van der Waals surface area contributed by atoms with Gasteiger partial charge >= 0.3 is 6.18 Å². The van der Waals surface area contributed by atoms with Gasteiger partial charge in [-0.1, -0.05) is 32.4 Å². The van der Waals surface area contributed by atoms with Crippen molar-refractivity contribution in [1.29, 1.82) is 0 Å². The van der Waals surface area contributed by atoms with E-state index in [4.69, 9.17) is 11.6 Å². The molecule has 2 heterocycles. The Balaban J connectivity index is 2.32. The normalized spacial score (nSPS) is 13.3. The highest BCUT2D eigenvalue weighted by atomic mass is 35.5. The summed E-state index contributed by atoms with van der Waals surface area (Å²) in [4.78, 5) is 13.4. The van der Waals surface area contributed by atoms with Crippen LogP contribution in [0.4, 0.5) is 18.9 Å². The number of nitrogens with one attached hydrogen (secondary N) is 1. The van der Waals surface area contributed by atoms with Crippen molar-refractivity contribution >= 4 is 34.5 Å². The van der Waals surface area contributed by atoms with Gasteiger partial charge in [-0.2, -0.15) is 18.3 Å². The lowest BCUT2D eigenvalue weighted by Gasteiger charge is -2.15. The lowest BCUT2D eigenvalue weighted by molar-refractivity contribution is -0.141. The number of carbonyl (C=O) groups excluding carboxylic acids is 1. The molecule has 1 unspecified atom stereocenters. The number of thiophene rings is 1. The van der Waals surface area contributed by atoms with Crippen molar-refractivity contribution in [3.63, 3.8) is 0 Å². The molecule has 0 aliphatic rings. The van der Waals surface area contributed by atoms with E-state index in [-0.39, 0.29) is 11.1 Å². The molecule has 2 rings (SSSR count). The van der Waals surface area contributed by atoms with Crippen LogP contribution in [-0.4, -0.2) is 15.7 Å². The highest BCUT2D eigenvalue weighted by molar-refractivity contribution is 7.10. The Hall–Kier alpha value is -1.54. The molecule has 4 nitrogen and oxygen atoms in total. The van der Waals surface area contributed by atoms with Gasteiger partial charge in [0.2, 0.25) is 0 Å². The van der Waals surface area contributed by atoms with Crippen LogP contribution in [0.15, 0.2) is 11.4 Å². The number of amides is 1. The number of hydrogen-bond donors (Lipinski definition) is 1. The van der Waals surface area contributed by atoms with Gasteiger partial charge < -0.3 is 5.32 Å². The fourth-order valence-electron chi connectivity index (χ4n) is 2.71. The van der Waals surface area contributed by atoms with E-state index in [0.29, 0.717) is 11.6 Å². The highest BCUT2D eigenvalue weighted by Gasteiger charge is 2.41. The Kier molecular flexibility index (Phi) is 5.83. The van der Waals surface area contributed by atoms with Gasteiger partial charge in [-0.25, -0.2) is 0 Å². The molecule has 2 aromatic rings. The van der Waals surface area contributed by atoms with Gasteiger partial charge in [0.15, 0.2) is 5.69 Å². The smallest absolute Gasteiger partial charge is 0.321 e. The van der Waals surface area contributed by atoms with E-state index in [1.54, 1.807) is 11.4 Å². The van der Waals surface area contributed by atoms with Crippen LogP contribution >= 0.6 is 22.9 Å². The van der Waals surface area contributed by atoms with Crippen LogP contribution in [0.5, 0.6) is 0 Å². The minimum atomic E-state index is -4.76. The molecule has 1 atom stereocenters. The van der Waals surface area contributed by atoms with E-state index in [0.717, 1.165) is 16.0 Å². The van der Waals surface area contributed by atoms with Gasteiger partial charge in [0.05, 0.1) is 5.69 Å². The second kappa shape index (κ2) is 7.37. The first-order valence-electron chi connectivity index (χ1n) is 7.70. The second-order valence-electron chi connectivity index (χ2n) is 6.32. The Morgan fingerprint density at radius 1 is 1.40 bits per heavy atom. The number of hydrogen-bond acceptors (Lipinski definition) is 3. The molecule has 0 fully saturated rings. The van der Waals surface area contributed by atoms with Gasteiger partial charge in [0.1, 0.15) is 10.7 Å².